The van der Waals surface area contributed by atoms with Crippen molar-refractivity contribution in [2.24, 2.45) is 0 Å². The number of benzene rings is 2. The van der Waals surface area contributed by atoms with Crippen molar-refractivity contribution in [1.82, 2.24) is 0 Å². The number of ether oxygens (including phenoxy) is 3. The molecule has 32 heavy (non-hydrogen) atoms. The minimum Gasteiger partial charge on any atom is -0.445 e. The van der Waals surface area contributed by atoms with E-state index < -0.39 is 12.4 Å². The van der Waals surface area contributed by atoms with Gasteiger partial charge in [0.2, 0.25) is 0 Å². The fraction of sp³-hybridized carbons (Fsp3) is 0.375. The van der Waals surface area contributed by atoms with Crippen LogP contribution in [0, 0.1) is 0 Å². The molecule has 0 bridgehead atoms. The number of hydrogen-bond donors (Lipinski definition) is 3. The van der Waals surface area contributed by atoms with Gasteiger partial charge in [-0.05, 0) is 23.3 Å². The van der Waals surface area contributed by atoms with Crippen LogP contribution in [0.2, 0.25) is 0 Å². The smallest absolute Gasteiger partial charge is 0.411 e. The van der Waals surface area contributed by atoms with Gasteiger partial charge in [-0.25, -0.2) is 4.79 Å². The molecule has 7 nitrogen and oxygen atoms in total. The lowest BCUT2D eigenvalue weighted by atomic mass is 10.0. The van der Waals surface area contributed by atoms with Gasteiger partial charge in [0, 0.05) is 29.2 Å². The van der Waals surface area contributed by atoms with Crippen molar-refractivity contribution in [3.63, 3.8) is 0 Å². The third-order valence-corrected chi connectivity index (χ3v) is 5.99. The Balaban J connectivity index is 1.71. The van der Waals surface area contributed by atoms with Gasteiger partial charge >= 0.3 is 6.09 Å². The minimum absolute atomic E-state index is 0.000515. The van der Waals surface area contributed by atoms with Crippen molar-refractivity contribution >= 4 is 23.5 Å². The van der Waals surface area contributed by atoms with E-state index in [0.29, 0.717) is 17.9 Å². The number of thioether (sulfide) groups is 1. The van der Waals surface area contributed by atoms with E-state index >= 15 is 0 Å². The highest BCUT2D eigenvalue weighted by Gasteiger charge is 2.32. The third-order valence-electron chi connectivity index (χ3n) is 4.92. The molecule has 0 unspecified atom stereocenters. The maximum absolute atomic E-state index is 11.7. The van der Waals surface area contributed by atoms with Crippen LogP contribution in [0.25, 0.3) is 0 Å². The molecular formula is C24H29NO6S. The molecule has 0 radical (unpaired) electrons. The van der Waals surface area contributed by atoms with Gasteiger partial charge in [0.25, 0.3) is 0 Å². The fourth-order valence-corrected chi connectivity index (χ4v) is 4.09. The molecule has 1 aliphatic heterocycles. The highest BCUT2D eigenvalue weighted by molar-refractivity contribution is 7.99. The predicted molar refractivity (Wildman–Crippen MR) is 124 cm³/mol. The first-order valence-corrected chi connectivity index (χ1v) is 11.6. The molecule has 1 fully saturated rings. The zero-order valence-electron chi connectivity index (χ0n) is 17.8. The van der Waals surface area contributed by atoms with E-state index in [4.69, 9.17) is 19.3 Å². The molecule has 3 N–H and O–H groups in total. The molecule has 0 saturated carbocycles. The Bertz CT molecular complexity index is 858. The van der Waals surface area contributed by atoms with Crippen LogP contribution < -0.4 is 5.32 Å². The van der Waals surface area contributed by atoms with Crippen LogP contribution in [0.15, 0.2) is 61.2 Å². The van der Waals surface area contributed by atoms with Gasteiger partial charge in [-0.15, -0.1) is 0 Å². The van der Waals surface area contributed by atoms with E-state index in [1.54, 1.807) is 23.9 Å². The van der Waals surface area contributed by atoms with Crippen molar-refractivity contribution < 1.29 is 29.2 Å². The van der Waals surface area contributed by atoms with Gasteiger partial charge in [-0.1, -0.05) is 49.1 Å². The van der Waals surface area contributed by atoms with Gasteiger partial charge in [-0.3, -0.25) is 5.32 Å². The average molecular weight is 460 g/mol. The molecule has 0 aromatic heterocycles. The van der Waals surface area contributed by atoms with Crippen LogP contribution in [-0.2, 0) is 20.8 Å². The molecule has 1 amide bonds. The second-order valence-corrected chi connectivity index (χ2v) is 8.43. The van der Waals surface area contributed by atoms with Gasteiger partial charge < -0.3 is 24.4 Å². The summed E-state index contributed by atoms with van der Waals surface area (Å²) in [5, 5.41) is 21.0. The number of carbonyl (C=O) groups is 1. The molecule has 172 valence electrons. The van der Waals surface area contributed by atoms with Crippen LogP contribution in [0.1, 0.15) is 35.5 Å². The summed E-state index contributed by atoms with van der Waals surface area (Å²) < 4.78 is 17.4. The standard InChI is InChI=1S/C24H29NO6S/c1-2-12-29-24(28)25-20-9-7-19(8-10-20)23-30-21(16-32-13-11-26)14-22(31-23)18-5-3-17(15-27)4-6-18/h2-10,21-23,26-27H,1,11-16H2,(H,25,28)/t21-,22+,23+/m0/s1. The molecule has 2 aromatic rings. The van der Waals surface area contributed by atoms with Crippen molar-refractivity contribution in [3.05, 3.63) is 77.9 Å². The number of aliphatic hydroxyl groups excluding tert-OH is 2. The summed E-state index contributed by atoms with van der Waals surface area (Å²) in [6.45, 7) is 3.79. The number of aliphatic hydroxyl groups is 2. The molecule has 1 saturated heterocycles. The number of nitrogens with one attached hydrogen (secondary N) is 1. The third kappa shape index (κ3) is 7.08. The lowest BCUT2D eigenvalue weighted by molar-refractivity contribution is -0.245. The van der Waals surface area contributed by atoms with Gasteiger partial charge in [0.05, 0.1) is 25.4 Å². The number of rotatable bonds is 10. The Hall–Kier alpha value is -2.36. The van der Waals surface area contributed by atoms with Crippen LogP contribution in [0.3, 0.4) is 0 Å². The highest BCUT2D eigenvalue weighted by atomic mass is 32.2. The summed E-state index contributed by atoms with van der Waals surface area (Å²) in [5.74, 6) is 1.41. The van der Waals surface area contributed by atoms with Crippen LogP contribution in [0.5, 0.6) is 0 Å². The molecule has 3 atom stereocenters. The molecule has 0 spiro atoms. The second kappa shape index (κ2) is 12.6. The predicted octanol–water partition coefficient (Wildman–Crippen LogP) is 4.18. The zero-order valence-corrected chi connectivity index (χ0v) is 18.6. The van der Waals surface area contributed by atoms with E-state index in [-0.39, 0.29) is 32.0 Å². The summed E-state index contributed by atoms with van der Waals surface area (Å²) in [7, 11) is 0. The van der Waals surface area contributed by atoms with Crippen molar-refractivity contribution in [2.45, 2.75) is 31.5 Å². The summed E-state index contributed by atoms with van der Waals surface area (Å²) >= 11 is 1.64. The monoisotopic (exact) mass is 459 g/mol. The van der Waals surface area contributed by atoms with Crippen LogP contribution in [0.4, 0.5) is 10.5 Å². The second-order valence-electron chi connectivity index (χ2n) is 7.28. The number of amides is 1. The topological polar surface area (TPSA) is 97.3 Å². The maximum Gasteiger partial charge on any atom is 0.411 e. The molecule has 2 aromatic carbocycles. The SMILES string of the molecule is C=CCOC(=O)Nc1ccc([C@@H]2O[C@H](CSCCO)C[C@H](c3ccc(CO)cc3)O2)cc1. The molecule has 1 heterocycles. The Morgan fingerprint density at radius 2 is 1.84 bits per heavy atom. The molecule has 3 rings (SSSR count). The average Bonchev–Trinajstić information content (AvgIpc) is 2.83. The van der Waals surface area contributed by atoms with E-state index in [0.717, 1.165) is 22.4 Å². The first-order chi connectivity index (χ1) is 15.6. The van der Waals surface area contributed by atoms with Gasteiger partial charge in [0.1, 0.15) is 6.61 Å². The summed E-state index contributed by atoms with van der Waals surface area (Å²) in [4.78, 5) is 11.7. The number of carbonyl (C=O) groups excluding carboxylic acids is 1. The Labute approximate surface area is 192 Å². The van der Waals surface area contributed by atoms with Crippen molar-refractivity contribution in [2.75, 3.05) is 30.0 Å². The lowest BCUT2D eigenvalue weighted by Crippen LogP contribution is -2.31. The molecule has 8 heteroatoms. The summed E-state index contributed by atoms with van der Waals surface area (Å²) in [5.41, 5.74) is 3.31. The first kappa shape index (κ1) is 24.3. The van der Waals surface area contributed by atoms with Crippen molar-refractivity contribution in [3.8, 4) is 0 Å². The number of hydrogen-bond acceptors (Lipinski definition) is 7. The van der Waals surface area contributed by atoms with E-state index in [9.17, 15) is 9.90 Å². The highest BCUT2D eigenvalue weighted by Crippen LogP contribution is 2.39. The summed E-state index contributed by atoms with van der Waals surface area (Å²) in [6, 6.07) is 15.0. The normalized spacial score (nSPS) is 20.5. The Kier molecular flexibility index (Phi) is 9.58. The summed E-state index contributed by atoms with van der Waals surface area (Å²) in [6.07, 6.45) is 0.890. The minimum atomic E-state index is -0.562. The van der Waals surface area contributed by atoms with Crippen LogP contribution >= 0.6 is 11.8 Å². The van der Waals surface area contributed by atoms with E-state index in [1.165, 1.54) is 6.08 Å². The molecular weight excluding hydrogens is 430 g/mol. The van der Waals surface area contributed by atoms with E-state index in [1.807, 2.05) is 36.4 Å². The first-order valence-electron chi connectivity index (χ1n) is 10.5. The van der Waals surface area contributed by atoms with Gasteiger partial charge in [0.15, 0.2) is 6.29 Å². The molecule has 1 aliphatic rings. The Morgan fingerprint density at radius 3 is 2.50 bits per heavy atom. The quantitative estimate of drug-likeness (QED) is 0.362. The molecule has 0 aliphatic carbocycles. The maximum atomic E-state index is 11.7. The van der Waals surface area contributed by atoms with E-state index in [2.05, 4.69) is 11.9 Å². The fourth-order valence-electron chi connectivity index (χ4n) is 3.31. The largest absolute Gasteiger partial charge is 0.445 e. The van der Waals surface area contributed by atoms with Gasteiger partial charge in [-0.2, -0.15) is 11.8 Å². The lowest BCUT2D eigenvalue weighted by Gasteiger charge is -2.36. The number of anilines is 1. The Morgan fingerprint density at radius 1 is 1.12 bits per heavy atom. The van der Waals surface area contributed by atoms with Crippen LogP contribution in [-0.4, -0.2) is 47.1 Å². The zero-order chi connectivity index (χ0) is 22.8. The van der Waals surface area contributed by atoms with Crippen molar-refractivity contribution in [1.29, 1.82) is 0 Å².